The summed E-state index contributed by atoms with van der Waals surface area (Å²) >= 11 is 0. The first-order valence-corrected chi connectivity index (χ1v) is 6.56. The Morgan fingerprint density at radius 3 is 2.87 bits per heavy atom. The second-order valence-corrected chi connectivity index (χ2v) is 4.71. The maximum atomic E-state index is 12.4. The highest BCUT2D eigenvalue weighted by atomic mass is 19.4. The number of carboxylic acid groups (broad SMARTS) is 1. The number of ether oxygens (including phenoxy) is 2. The second kappa shape index (κ2) is 6.82. The van der Waals surface area contributed by atoms with Crippen LogP contribution in [-0.2, 0) is 9.53 Å². The van der Waals surface area contributed by atoms with Crippen molar-refractivity contribution in [2.24, 2.45) is 0 Å². The van der Waals surface area contributed by atoms with Gasteiger partial charge in [0.05, 0.1) is 13.2 Å². The van der Waals surface area contributed by atoms with Gasteiger partial charge in [-0.05, 0) is 12.1 Å². The number of aliphatic carboxylic acids is 1. The third kappa shape index (κ3) is 4.55. The monoisotopic (exact) mass is 334 g/mol. The molecule has 23 heavy (non-hydrogen) atoms. The summed E-state index contributed by atoms with van der Waals surface area (Å²) in [5.74, 6) is -2.33. The lowest BCUT2D eigenvalue weighted by atomic mass is 10.2. The summed E-state index contributed by atoms with van der Waals surface area (Å²) in [5, 5.41) is 8.91. The van der Waals surface area contributed by atoms with Crippen molar-refractivity contribution in [1.29, 1.82) is 0 Å². The van der Waals surface area contributed by atoms with Crippen molar-refractivity contribution in [1.82, 2.24) is 9.88 Å². The number of hydrogen-bond donors (Lipinski definition) is 1. The Hall–Kier alpha value is -2.36. The fourth-order valence-electron chi connectivity index (χ4n) is 1.97. The SMILES string of the molecule is O=C(O)[C@H]1CN(C(=O)c2cccnc2OCC(F)(F)F)CCO1. The average molecular weight is 334 g/mol. The van der Waals surface area contributed by atoms with Gasteiger partial charge in [0.25, 0.3) is 5.91 Å². The summed E-state index contributed by atoms with van der Waals surface area (Å²) in [6, 6.07) is 2.65. The van der Waals surface area contributed by atoms with Gasteiger partial charge in [0.2, 0.25) is 5.88 Å². The zero-order valence-electron chi connectivity index (χ0n) is 11.7. The van der Waals surface area contributed by atoms with E-state index in [0.717, 1.165) is 0 Å². The molecular weight excluding hydrogens is 321 g/mol. The fourth-order valence-corrected chi connectivity index (χ4v) is 1.97. The Kier molecular flexibility index (Phi) is 5.04. The van der Waals surface area contributed by atoms with Crippen molar-refractivity contribution in [2.45, 2.75) is 12.3 Å². The second-order valence-electron chi connectivity index (χ2n) is 4.71. The Labute approximate surface area is 128 Å². The third-order valence-corrected chi connectivity index (χ3v) is 3.00. The molecule has 0 saturated carbocycles. The van der Waals surface area contributed by atoms with E-state index in [1.165, 1.54) is 23.2 Å². The summed E-state index contributed by atoms with van der Waals surface area (Å²) in [6.07, 6.45) is -4.54. The van der Waals surface area contributed by atoms with Crippen LogP contribution in [0.3, 0.4) is 0 Å². The highest BCUT2D eigenvalue weighted by Crippen LogP contribution is 2.22. The van der Waals surface area contributed by atoms with Gasteiger partial charge >= 0.3 is 12.1 Å². The van der Waals surface area contributed by atoms with Crippen molar-refractivity contribution < 1.29 is 37.3 Å². The summed E-state index contributed by atoms with van der Waals surface area (Å²) in [5.41, 5.74) is -0.164. The van der Waals surface area contributed by atoms with Crippen molar-refractivity contribution in [3.63, 3.8) is 0 Å². The lowest BCUT2D eigenvalue weighted by molar-refractivity contribution is -0.155. The largest absolute Gasteiger partial charge is 0.479 e. The molecule has 0 radical (unpaired) electrons. The smallest absolute Gasteiger partial charge is 0.422 e. The molecule has 126 valence electrons. The molecule has 0 bridgehead atoms. The van der Waals surface area contributed by atoms with E-state index in [1.807, 2.05) is 0 Å². The highest BCUT2D eigenvalue weighted by Gasteiger charge is 2.32. The lowest BCUT2D eigenvalue weighted by Gasteiger charge is -2.31. The average Bonchev–Trinajstić information content (AvgIpc) is 2.52. The molecule has 2 heterocycles. The predicted octanol–water partition coefficient (Wildman–Crippen LogP) is 0.948. The van der Waals surface area contributed by atoms with E-state index in [1.54, 1.807) is 0 Å². The molecule has 0 aromatic carbocycles. The van der Waals surface area contributed by atoms with Crippen molar-refractivity contribution >= 4 is 11.9 Å². The molecule has 1 atom stereocenters. The summed E-state index contributed by atoms with van der Waals surface area (Å²) < 4.78 is 46.3. The van der Waals surface area contributed by atoms with Crippen LogP contribution in [0.15, 0.2) is 18.3 Å². The Bertz CT molecular complexity index is 593. The van der Waals surface area contributed by atoms with Gasteiger partial charge < -0.3 is 19.5 Å². The minimum Gasteiger partial charge on any atom is -0.479 e. The zero-order chi connectivity index (χ0) is 17.0. The maximum Gasteiger partial charge on any atom is 0.422 e. The van der Waals surface area contributed by atoms with Crippen LogP contribution in [0.4, 0.5) is 13.2 Å². The summed E-state index contributed by atoms with van der Waals surface area (Å²) in [7, 11) is 0. The number of aromatic nitrogens is 1. The molecule has 10 heteroatoms. The molecule has 1 saturated heterocycles. The molecule has 1 fully saturated rings. The van der Waals surface area contributed by atoms with Gasteiger partial charge in [-0.3, -0.25) is 4.79 Å². The first-order valence-electron chi connectivity index (χ1n) is 6.56. The van der Waals surface area contributed by atoms with E-state index in [2.05, 4.69) is 9.72 Å². The summed E-state index contributed by atoms with van der Waals surface area (Å²) in [6.45, 7) is -1.65. The standard InChI is InChI=1S/C13H13F3N2O5/c14-13(15,16)7-23-10-8(2-1-3-17-10)11(19)18-4-5-22-9(6-18)12(20)21/h1-3,9H,4-7H2,(H,20,21)/t9-/m1/s1. The number of alkyl halides is 3. The van der Waals surface area contributed by atoms with E-state index in [4.69, 9.17) is 9.84 Å². The van der Waals surface area contributed by atoms with Gasteiger partial charge in [-0.1, -0.05) is 0 Å². The number of carbonyl (C=O) groups excluding carboxylic acids is 1. The normalized spacial score (nSPS) is 18.6. The third-order valence-electron chi connectivity index (χ3n) is 3.00. The van der Waals surface area contributed by atoms with Crippen LogP contribution < -0.4 is 4.74 Å². The lowest BCUT2D eigenvalue weighted by Crippen LogP contribution is -2.48. The molecule has 1 aliphatic rings. The quantitative estimate of drug-likeness (QED) is 0.882. The van der Waals surface area contributed by atoms with E-state index in [9.17, 15) is 22.8 Å². The van der Waals surface area contributed by atoms with Gasteiger partial charge in [0.1, 0.15) is 5.56 Å². The van der Waals surface area contributed by atoms with Gasteiger partial charge in [-0.25, -0.2) is 9.78 Å². The molecule has 1 amide bonds. The molecule has 1 aromatic rings. The van der Waals surface area contributed by atoms with Crippen LogP contribution in [0.1, 0.15) is 10.4 Å². The van der Waals surface area contributed by atoms with E-state index < -0.39 is 36.6 Å². The van der Waals surface area contributed by atoms with Crippen molar-refractivity contribution in [3.8, 4) is 5.88 Å². The Morgan fingerprint density at radius 2 is 2.22 bits per heavy atom. The van der Waals surface area contributed by atoms with Gasteiger partial charge in [-0.15, -0.1) is 0 Å². The van der Waals surface area contributed by atoms with Crippen LogP contribution in [0.2, 0.25) is 0 Å². The van der Waals surface area contributed by atoms with Gasteiger partial charge in [-0.2, -0.15) is 13.2 Å². The maximum absolute atomic E-state index is 12.4. The molecule has 0 aliphatic carbocycles. The van der Waals surface area contributed by atoms with E-state index in [0.29, 0.717) is 0 Å². The zero-order valence-corrected chi connectivity index (χ0v) is 11.7. The molecule has 1 aliphatic heterocycles. The van der Waals surface area contributed by atoms with Crippen LogP contribution in [0.5, 0.6) is 5.88 Å². The number of hydrogen-bond acceptors (Lipinski definition) is 5. The van der Waals surface area contributed by atoms with Crippen LogP contribution in [-0.4, -0.2) is 65.5 Å². The molecule has 1 aromatic heterocycles. The minimum absolute atomic E-state index is 0.0156. The number of carboxylic acids is 1. The molecule has 0 spiro atoms. The van der Waals surface area contributed by atoms with E-state index in [-0.39, 0.29) is 25.3 Å². The Morgan fingerprint density at radius 1 is 1.48 bits per heavy atom. The number of nitrogens with zero attached hydrogens (tertiary/aromatic N) is 2. The summed E-state index contributed by atoms with van der Waals surface area (Å²) in [4.78, 5) is 28.1. The van der Waals surface area contributed by atoms with Gasteiger partial charge in [0, 0.05) is 12.7 Å². The highest BCUT2D eigenvalue weighted by molar-refractivity contribution is 5.96. The number of halogens is 3. The minimum atomic E-state index is -4.56. The first kappa shape index (κ1) is 17.0. The molecule has 0 unspecified atom stereocenters. The number of rotatable bonds is 4. The van der Waals surface area contributed by atoms with Crippen LogP contribution in [0.25, 0.3) is 0 Å². The first-order chi connectivity index (χ1) is 10.8. The van der Waals surface area contributed by atoms with Crippen molar-refractivity contribution in [2.75, 3.05) is 26.3 Å². The van der Waals surface area contributed by atoms with Crippen LogP contribution in [0, 0.1) is 0 Å². The number of morpholine rings is 1. The number of amides is 1. The van der Waals surface area contributed by atoms with E-state index >= 15 is 0 Å². The van der Waals surface area contributed by atoms with Gasteiger partial charge in [0.15, 0.2) is 12.7 Å². The predicted molar refractivity (Wildman–Crippen MR) is 69.1 cm³/mol. The number of carbonyl (C=O) groups is 2. The molecule has 7 nitrogen and oxygen atoms in total. The number of pyridine rings is 1. The van der Waals surface area contributed by atoms with Crippen LogP contribution >= 0.6 is 0 Å². The topological polar surface area (TPSA) is 89.0 Å². The van der Waals surface area contributed by atoms with Crippen molar-refractivity contribution in [3.05, 3.63) is 23.9 Å². The molecule has 2 rings (SSSR count). The Balaban J connectivity index is 2.14. The fraction of sp³-hybridized carbons (Fsp3) is 0.462. The molecule has 1 N–H and O–H groups in total. The molecular formula is C13H13F3N2O5.